The van der Waals surface area contributed by atoms with Crippen molar-refractivity contribution in [1.82, 2.24) is 0 Å². The molecule has 0 saturated heterocycles. The highest BCUT2D eigenvalue weighted by Crippen LogP contribution is 2.37. The molecule has 1 aliphatic rings. The number of ketones is 1. The molecule has 0 fully saturated rings. The Morgan fingerprint density at radius 1 is 1.00 bits per heavy atom. The third kappa shape index (κ3) is 5.04. The minimum absolute atomic E-state index is 0.0764. The van der Waals surface area contributed by atoms with Crippen LogP contribution in [-0.4, -0.2) is 35.9 Å². The number of anilines is 2. The zero-order chi connectivity index (χ0) is 20.1. The van der Waals surface area contributed by atoms with Gasteiger partial charge in [-0.3, -0.25) is 14.4 Å². The van der Waals surface area contributed by atoms with Gasteiger partial charge in [0.25, 0.3) is 0 Å². The van der Waals surface area contributed by atoms with Crippen molar-refractivity contribution < 1.29 is 23.9 Å². The number of nitrogens with one attached hydrogen (secondary N) is 2. The number of carbonyl (C=O) groups is 3. The number of rotatable bonds is 7. The molecule has 1 heterocycles. The molecular formula is C20H20N2O5S. The van der Waals surface area contributed by atoms with E-state index in [9.17, 15) is 14.4 Å². The van der Waals surface area contributed by atoms with Crippen molar-refractivity contribution in [2.45, 2.75) is 13.8 Å². The molecule has 0 bridgehead atoms. The standard InChI is InChI=1S/C20H20N2O5S/c1-12-4-3-5-14(6-12)21-19(24)9-28-10-20(25)22-16-8-18-17(26-11-27-18)7-15(16)13(2)23/h3-8H,9-11H2,1-2H3,(H,21,24)(H,22,25). The first-order valence-corrected chi connectivity index (χ1v) is 9.76. The molecule has 0 aliphatic carbocycles. The lowest BCUT2D eigenvalue weighted by Gasteiger charge is -2.10. The van der Waals surface area contributed by atoms with E-state index in [0.717, 1.165) is 11.3 Å². The first-order valence-electron chi connectivity index (χ1n) is 8.61. The summed E-state index contributed by atoms with van der Waals surface area (Å²) in [6, 6.07) is 10.6. The molecule has 3 rings (SSSR count). The summed E-state index contributed by atoms with van der Waals surface area (Å²) in [5.74, 6) is 0.482. The molecule has 0 aromatic heterocycles. The van der Waals surface area contributed by atoms with Crippen LogP contribution < -0.4 is 20.1 Å². The van der Waals surface area contributed by atoms with Crippen molar-refractivity contribution in [2.24, 2.45) is 0 Å². The van der Waals surface area contributed by atoms with Gasteiger partial charge in [-0.05, 0) is 37.6 Å². The third-order valence-electron chi connectivity index (χ3n) is 3.93. The molecule has 7 nitrogen and oxygen atoms in total. The Kier molecular flexibility index (Phi) is 6.20. The minimum Gasteiger partial charge on any atom is -0.454 e. The molecule has 0 atom stereocenters. The molecule has 0 saturated carbocycles. The monoisotopic (exact) mass is 400 g/mol. The number of thioether (sulfide) groups is 1. The Labute approximate surface area is 166 Å². The molecule has 0 unspecified atom stereocenters. The van der Waals surface area contributed by atoms with Crippen LogP contribution in [0.2, 0.25) is 0 Å². The highest BCUT2D eigenvalue weighted by atomic mass is 32.2. The maximum absolute atomic E-state index is 12.2. The molecule has 1 aliphatic heterocycles. The molecule has 0 radical (unpaired) electrons. The molecule has 0 spiro atoms. The number of ether oxygens (including phenoxy) is 2. The summed E-state index contributed by atoms with van der Waals surface area (Å²) >= 11 is 1.19. The van der Waals surface area contributed by atoms with Crippen LogP contribution in [0, 0.1) is 6.92 Å². The second kappa shape index (κ2) is 8.79. The van der Waals surface area contributed by atoms with E-state index in [0.29, 0.717) is 22.7 Å². The van der Waals surface area contributed by atoms with Gasteiger partial charge < -0.3 is 20.1 Å². The summed E-state index contributed by atoms with van der Waals surface area (Å²) in [5, 5.41) is 5.50. The van der Waals surface area contributed by atoms with Gasteiger partial charge in [0.1, 0.15) is 0 Å². The van der Waals surface area contributed by atoms with Crippen LogP contribution in [0.25, 0.3) is 0 Å². The van der Waals surface area contributed by atoms with E-state index >= 15 is 0 Å². The number of benzene rings is 2. The first-order chi connectivity index (χ1) is 13.4. The number of fused-ring (bicyclic) bond motifs is 1. The normalized spacial score (nSPS) is 11.8. The zero-order valence-electron chi connectivity index (χ0n) is 15.5. The van der Waals surface area contributed by atoms with Crippen molar-refractivity contribution in [3.63, 3.8) is 0 Å². The lowest BCUT2D eigenvalue weighted by atomic mass is 10.1. The lowest BCUT2D eigenvalue weighted by Crippen LogP contribution is -2.19. The van der Waals surface area contributed by atoms with Gasteiger partial charge in [0.05, 0.1) is 17.2 Å². The Balaban J connectivity index is 1.52. The number of Topliss-reactive ketones (excluding diaryl/α,β-unsaturated/α-hetero) is 1. The summed E-state index contributed by atoms with van der Waals surface area (Å²) in [4.78, 5) is 36.1. The third-order valence-corrected chi connectivity index (χ3v) is 4.87. The minimum atomic E-state index is -0.310. The highest BCUT2D eigenvalue weighted by Gasteiger charge is 2.20. The summed E-state index contributed by atoms with van der Waals surface area (Å²) in [5.41, 5.74) is 2.49. The Morgan fingerprint density at radius 3 is 2.36 bits per heavy atom. The second-order valence-electron chi connectivity index (χ2n) is 6.27. The fourth-order valence-electron chi connectivity index (χ4n) is 2.68. The predicted molar refractivity (Wildman–Crippen MR) is 108 cm³/mol. The predicted octanol–water partition coefficient (Wildman–Crippen LogP) is 3.24. The van der Waals surface area contributed by atoms with Gasteiger partial charge >= 0.3 is 0 Å². The molecule has 2 aromatic rings. The highest BCUT2D eigenvalue weighted by molar-refractivity contribution is 8.00. The molecular weight excluding hydrogens is 380 g/mol. The fourth-order valence-corrected chi connectivity index (χ4v) is 3.30. The molecule has 2 N–H and O–H groups in total. The van der Waals surface area contributed by atoms with Gasteiger partial charge in [-0.2, -0.15) is 0 Å². The van der Waals surface area contributed by atoms with Crippen molar-refractivity contribution in [3.8, 4) is 11.5 Å². The lowest BCUT2D eigenvalue weighted by molar-refractivity contribution is -0.114. The second-order valence-corrected chi connectivity index (χ2v) is 7.25. The molecule has 2 amide bonds. The van der Waals surface area contributed by atoms with Gasteiger partial charge in [-0.1, -0.05) is 12.1 Å². The first kappa shape index (κ1) is 19.8. The number of hydrogen-bond donors (Lipinski definition) is 2. The average molecular weight is 400 g/mol. The van der Waals surface area contributed by atoms with Crippen LogP contribution in [0.15, 0.2) is 36.4 Å². The van der Waals surface area contributed by atoms with E-state index < -0.39 is 0 Å². The Bertz CT molecular complexity index is 929. The Morgan fingerprint density at radius 2 is 1.68 bits per heavy atom. The largest absolute Gasteiger partial charge is 0.454 e. The van der Waals surface area contributed by atoms with Crippen molar-refractivity contribution in [2.75, 3.05) is 28.9 Å². The molecule has 146 valence electrons. The van der Waals surface area contributed by atoms with Gasteiger partial charge in [0.2, 0.25) is 18.6 Å². The molecule has 8 heteroatoms. The van der Waals surface area contributed by atoms with Crippen LogP contribution in [0.4, 0.5) is 11.4 Å². The van der Waals surface area contributed by atoms with Gasteiger partial charge in [0.15, 0.2) is 17.3 Å². The van der Waals surface area contributed by atoms with Crippen LogP contribution in [0.3, 0.4) is 0 Å². The van der Waals surface area contributed by atoms with Crippen LogP contribution in [0.5, 0.6) is 11.5 Å². The summed E-state index contributed by atoms with van der Waals surface area (Å²) in [6.07, 6.45) is 0. The van der Waals surface area contributed by atoms with E-state index in [1.54, 1.807) is 12.1 Å². The van der Waals surface area contributed by atoms with E-state index in [-0.39, 0.29) is 35.9 Å². The maximum Gasteiger partial charge on any atom is 0.234 e. The molecule has 2 aromatic carbocycles. The Hall–Kier alpha value is -3.00. The number of aryl methyl sites for hydroxylation is 1. The quantitative estimate of drug-likeness (QED) is 0.693. The number of hydrogen-bond acceptors (Lipinski definition) is 6. The van der Waals surface area contributed by atoms with E-state index in [1.165, 1.54) is 18.7 Å². The van der Waals surface area contributed by atoms with Crippen molar-refractivity contribution in [1.29, 1.82) is 0 Å². The van der Waals surface area contributed by atoms with Crippen molar-refractivity contribution in [3.05, 3.63) is 47.5 Å². The fraction of sp³-hybridized carbons (Fsp3) is 0.250. The maximum atomic E-state index is 12.2. The topological polar surface area (TPSA) is 93.7 Å². The summed E-state index contributed by atoms with van der Waals surface area (Å²) in [7, 11) is 0. The van der Waals surface area contributed by atoms with Crippen LogP contribution >= 0.6 is 11.8 Å². The average Bonchev–Trinajstić information content (AvgIpc) is 3.08. The number of amides is 2. The van der Waals surface area contributed by atoms with Crippen molar-refractivity contribution >= 4 is 40.7 Å². The number of carbonyl (C=O) groups excluding carboxylic acids is 3. The van der Waals surface area contributed by atoms with Crippen LogP contribution in [-0.2, 0) is 9.59 Å². The van der Waals surface area contributed by atoms with Gasteiger partial charge in [-0.15, -0.1) is 11.8 Å². The smallest absolute Gasteiger partial charge is 0.234 e. The van der Waals surface area contributed by atoms with E-state index in [4.69, 9.17) is 9.47 Å². The van der Waals surface area contributed by atoms with Gasteiger partial charge in [0, 0.05) is 17.3 Å². The zero-order valence-corrected chi connectivity index (χ0v) is 16.4. The molecule has 28 heavy (non-hydrogen) atoms. The van der Waals surface area contributed by atoms with E-state index in [1.807, 2.05) is 31.2 Å². The van der Waals surface area contributed by atoms with E-state index in [2.05, 4.69) is 10.6 Å². The summed E-state index contributed by atoms with van der Waals surface area (Å²) in [6.45, 7) is 3.44. The SMILES string of the molecule is CC(=O)c1cc2c(cc1NC(=O)CSCC(=O)Nc1cccc(C)c1)OCO2. The van der Waals surface area contributed by atoms with Gasteiger partial charge in [-0.25, -0.2) is 0 Å². The van der Waals surface area contributed by atoms with Crippen LogP contribution in [0.1, 0.15) is 22.8 Å². The summed E-state index contributed by atoms with van der Waals surface area (Å²) < 4.78 is 10.6.